The number of hydrogen-bond acceptors (Lipinski definition) is 5. The van der Waals surface area contributed by atoms with Gasteiger partial charge in [-0.1, -0.05) is 0 Å². The van der Waals surface area contributed by atoms with Crippen molar-refractivity contribution in [1.82, 2.24) is 9.21 Å². The summed E-state index contributed by atoms with van der Waals surface area (Å²) in [5.74, 6) is 0. The first-order valence-corrected chi connectivity index (χ1v) is 11.0. The Balaban J connectivity index is 1.83. The highest BCUT2D eigenvalue weighted by atomic mass is 32.2. The van der Waals surface area contributed by atoms with Crippen molar-refractivity contribution >= 4 is 26.9 Å². The highest BCUT2D eigenvalue weighted by molar-refractivity contribution is 7.89. The summed E-state index contributed by atoms with van der Waals surface area (Å²) in [5.41, 5.74) is -0.603. The van der Waals surface area contributed by atoms with Crippen molar-refractivity contribution in [2.24, 2.45) is 0 Å². The molecule has 1 aliphatic heterocycles. The van der Waals surface area contributed by atoms with Gasteiger partial charge in [-0.2, -0.15) is 9.04 Å². The van der Waals surface area contributed by atoms with Crippen LogP contribution in [-0.4, -0.2) is 55.0 Å². The Morgan fingerprint density at radius 3 is 2.59 bits per heavy atom. The molecule has 1 atom stereocenters. The first-order valence-electron chi connectivity index (χ1n) is 9.60. The molecule has 0 N–H and O–H groups in total. The third-order valence-electron chi connectivity index (χ3n) is 4.88. The van der Waals surface area contributed by atoms with Crippen molar-refractivity contribution in [1.29, 1.82) is 0 Å². The molecule has 9 heteroatoms. The van der Waals surface area contributed by atoms with Gasteiger partial charge in [0.15, 0.2) is 12.4 Å². The number of carbonyl (C=O) groups excluding carboxylic acids is 1. The Bertz CT molecular complexity index is 1020. The van der Waals surface area contributed by atoms with Crippen molar-refractivity contribution < 1.29 is 22.7 Å². The summed E-state index contributed by atoms with van der Waals surface area (Å²) in [4.78, 5) is 14.1. The van der Waals surface area contributed by atoms with Gasteiger partial charge in [0, 0.05) is 37.1 Å². The average molecular weight is 422 g/mol. The number of sulfonamides is 1. The lowest BCUT2D eigenvalue weighted by Crippen LogP contribution is -2.41. The number of aromatic nitrogens is 1. The summed E-state index contributed by atoms with van der Waals surface area (Å²) < 4.78 is 34.1. The fraction of sp³-hybridized carbons (Fsp3) is 0.500. The van der Waals surface area contributed by atoms with Gasteiger partial charge >= 0.3 is 6.09 Å². The normalized spacial score (nSPS) is 19.2. The van der Waals surface area contributed by atoms with Gasteiger partial charge in [0.25, 0.3) is 0 Å². The number of benzene rings is 1. The van der Waals surface area contributed by atoms with E-state index in [4.69, 9.17) is 4.74 Å². The number of nitrogens with zero attached hydrogens (tertiary/aromatic N) is 3. The quantitative estimate of drug-likeness (QED) is 0.549. The van der Waals surface area contributed by atoms with Gasteiger partial charge in [-0.3, -0.25) is 0 Å². The van der Waals surface area contributed by atoms with E-state index in [1.807, 2.05) is 6.92 Å². The number of rotatable bonds is 2. The van der Waals surface area contributed by atoms with Crippen molar-refractivity contribution in [2.45, 2.75) is 50.7 Å². The van der Waals surface area contributed by atoms with Crippen LogP contribution in [0.5, 0.6) is 0 Å². The first-order chi connectivity index (χ1) is 13.5. The third kappa shape index (κ3) is 4.79. The molecule has 1 aromatic carbocycles. The summed E-state index contributed by atoms with van der Waals surface area (Å²) in [7, 11) is -3.75. The minimum absolute atomic E-state index is 0.172. The van der Waals surface area contributed by atoms with E-state index in [1.165, 1.54) is 22.8 Å². The van der Waals surface area contributed by atoms with Crippen molar-refractivity contribution in [3.05, 3.63) is 41.9 Å². The lowest BCUT2D eigenvalue weighted by molar-refractivity contribution is -0.603. The maximum Gasteiger partial charge on any atom is 0.410 e. The van der Waals surface area contributed by atoms with Crippen LogP contribution in [0.4, 0.5) is 4.79 Å². The minimum atomic E-state index is -3.75. The van der Waals surface area contributed by atoms with Crippen molar-refractivity contribution in [2.75, 3.05) is 19.6 Å². The summed E-state index contributed by atoms with van der Waals surface area (Å²) in [5, 5.41) is 12.8. The zero-order chi connectivity index (χ0) is 21.4. The van der Waals surface area contributed by atoms with E-state index < -0.39 is 21.7 Å². The largest absolute Gasteiger partial charge is 0.619 e. The Morgan fingerprint density at radius 1 is 1.17 bits per heavy atom. The molecule has 0 spiro atoms. The van der Waals surface area contributed by atoms with E-state index in [2.05, 4.69) is 0 Å². The molecule has 1 saturated heterocycles. The van der Waals surface area contributed by atoms with Crippen LogP contribution in [0.2, 0.25) is 0 Å². The standard InChI is InChI=1S/C20H27N3O5S/c1-15-7-9-21(19(24)28-20(2,3)4)11-12-23(15)29(26,27)18-6-5-17-14-22(25)10-8-16(17)13-18/h5-6,8,10,13-15H,7,9,11-12H2,1-4H3. The number of fused-ring (bicyclic) bond motifs is 1. The molecule has 3 rings (SSSR count). The molecule has 2 aromatic rings. The van der Waals surface area contributed by atoms with E-state index in [1.54, 1.807) is 43.9 Å². The van der Waals surface area contributed by atoms with Gasteiger partial charge in [-0.25, -0.2) is 13.2 Å². The summed E-state index contributed by atoms with van der Waals surface area (Å²) in [6.45, 7) is 8.14. The van der Waals surface area contributed by atoms with Gasteiger partial charge in [0.1, 0.15) is 5.60 Å². The second-order valence-corrected chi connectivity index (χ2v) is 10.2. The molecule has 29 heavy (non-hydrogen) atoms. The molecule has 1 fully saturated rings. The monoisotopic (exact) mass is 421 g/mol. The van der Waals surface area contributed by atoms with Gasteiger partial charge in [-0.15, -0.1) is 0 Å². The lowest BCUT2D eigenvalue weighted by atomic mass is 10.2. The van der Waals surface area contributed by atoms with E-state index in [0.29, 0.717) is 28.5 Å². The lowest BCUT2D eigenvalue weighted by Gasteiger charge is -2.27. The van der Waals surface area contributed by atoms with Crippen LogP contribution in [0.3, 0.4) is 0 Å². The van der Waals surface area contributed by atoms with Crippen LogP contribution >= 0.6 is 0 Å². The fourth-order valence-electron chi connectivity index (χ4n) is 3.35. The molecular weight excluding hydrogens is 394 g/mol. The molecule has 0 bridgehead atoms. The number of hydrogen-bond donors (Lipinski definition) is 0. The Morgan fingerprint density at radius 2 is 1.90 bits per heavy atom. The predicted molar refractivity (Wildman–Crippen MR) is 109 cm³/mol. The minimum Gasteiger partial charge on any atom is -0.619 e. The van der Waals surface area contributed by atoms with Crippen molar-refractivity contribution in [3.63, 3.8) is 0 Å². The Hall–Kier alpha value is -2.39. The Labute approximate surface area is 171 Å². The number of carbonyl (C=O) groups is 1. The molecule has 0 radical (unpaired) electrons. The van der Waals surface area contributed by atoms with Crippen LogP contribution < -0.4 is 4.73 Å². The van der Waals surface area contributed by atoms with Crippen LogP contribution in [-0.2, 0) is 14.8 Å². The molecule has 0 saturated carbocycles. The van der Waals surface area contributed by atoms with Gasteiger partial charge in [0.2, 0.25) is 10.0 Å². The zero-order valence-electron chi connectivity index (χ0n) is 17.2. The number of ether oxygens (including phenoxy) is 1. The van der Waals surface area contributed by atoms with Gasteiger partial charge in [0.05, 0.1) is 4.90 Å². The number of pyridine rings is 1. The predicted octanol–water partition coefficient (Wildman–Crippen LogP) is 2.49. The SMILES string of the molecule is CC1CCN(C(=O)OC(C)(C)C)CCN1S(=O)(=O)c1ccc2c[n+]([O-])ccc2c1. The second kappa shape index (κ2) is 7.79. The van der Waals surface area contributed by atoms with Crippen LogP contribution in [0.25, 0.3) is 10.8 Å². The van der Waals surface area contributed by atoms with Crippen LogP contribution in [0.1, 0.15) is 34.1 Å². The summed E-state index contributed by atoms with van der Waals surface area (Å²) >= 11 is 0. The average Bonchev–Trinajstić information content (AvgIpc) is 2.82. The van der Waals surface area contributed by atoms with E-state index in [9.17, 15) is 18.4 Å². The molecule has 1 amide bonds. The highest BCUT2D eigenvalue weighted by Crippen LogP contribution is 2.25. The maximum absolute atomic E-state index is 13.3. The smallest absolute Gasteiger partial charge is 0.410 e. The highest BCUT2D eigenvalue weighted by Gasteiger charge is 2.34. The first kappa shape index (κ1) is 21.3. The topological polar surface area (TPSA) is 93.9 Å². The third-order valence-corrected chi connectivity index (χ3v) is 6.89. The van der Waals surface area contributed by atoms with E-state index in [0.717, 1.165) is 0 Å². The fourth-order valence-corrected chi connectivity index (χ4v) is 5.04. The molecule has 158 valence electrons. The van der Waals surface area contributed by atoms with Gasteiger partial charge < -0.3 is 14.8 Å². The van der Waals surface area contributed by atoms with E-state index in [-0.39, 0.29) is 24.0 Å². The Kier molecular flexibility index (Phi) is 5.73. The van der Waals surface area contributed by atoms with Crippen LogP contribution in [0, 0.1) is 5.21 Å². The second-order valence-electron chi connectivity index (χ2n) is 8.32. The van der Waals surface area contributed by atoms with E-state index >= 15 is 0 Å². The maximum atomic E-state index is 13.3. The molecule has 2 heterocycles. The number of amides is 1. The van der Waals surface area contributed by atoms with Crippen molar-refractivity contribution in [3.8, 4) is 0 Å². The summed E-state index contributed by atoms with van der Waals surface area (Å²) in [6, 6.07) is 6.06. The molecular formula is C20H27N3O5S. The molecule has 8 nitrogen and oxygen atoms in total. The molecule has 1 aliphatic rings. The van der Waals surface area contributed by atoms with Crippen LogP contribution in [0.15, 0.2) is 41.6 Å². The zero-order valence-corrected chi connectivity index (χ0v) is 18.0. The molecule has 1 unspecified atom stereocenters. The summed E-state index contributed by atoms with van der Waals surface area (Å²) in [6.07, 6.45) is 2.83. The van der Waals surface area contributed by atoms with Gasteiger partial charge in [-0.05, 0) is 57.7 Å². The molecule has 1 aromatic heterocycles. The molecule has 0 aliphatic carbocycles.